The van der Waals surface area contributed by atoms with Crippen LogP contribution < -0.4 is 10.6 Å². The van der Waals surface area contributed by atoms with E-state index in [1.165, 1.54) is 0 Å². The number of benzene rings is 2. The van der Waals surface area contributed by atoms with Gasteiger partial charge in [0.15, 0.2) is 12.4 Å². The largest absolute Gasteiger partial charge is 0.456 e. The van der Waals surface area contributed by atoms with Crippen molar-refractivity contribution in [1.82, 2.24) is 5.32 Å². The molecule has 0 aromatic heterocycles. The molecule has 0 radical (unpaired) electrons. The lowest BCUT2D eigenvalue weighted by molar-refractivity contribution is -0.148. The van der Waals surface area contributed by atoms with E-state index < -0.39 is 18.5 Å². The Morgan fingerprint density at radius 1 is 0.839 bits per heavy atom. The van der Waals surface area contributed by atoms with Crippen molar-refractivity contribution < 1.29 is 23.9 Å². The van der Waals surface area contributed by atoms with Crippen molar-refractivity contribution in [2.75, 3.05) is 18.5 Å². The maximum absolute atomic E-state index is 12.3. The van der Waals surface area contributed by atoms with Gasteiger partial charge in [-0.05, 0) is 50.5 Å². The molecule has 0 saturated heterocycles. The number of esters is 1. The fraction of sp³-hybridized carbons (Fsp3) is 0.333. The average molecular weight is 424 g/mol. The molecule has 2 aromatic carbocycles. The Labute approximate surface area is 182 Å². The molecular formula is C24H28N2O5. The molecule has 2 rings (SSSR count). The van der Waals surface area contributed by atoms with Crippen molar-refractivity contribution in [2.45, 2.75) is 40.5 Å². The van der Waals surface area contributed by atoms with Gasteiger partial charge in [-0.25, -0.2) is 0 Å². The SMILES string of the molecule is Cc1ccc(C)c(C(=O)CCC(=O)OCC(=O)NCC(=O)Nc2c(C)cccc2C)c1. The first-order valence-electron chi connectivity index (χ1n) is 10.1. The number of carbonyl (C=O) groups excluding carboxylic acids is 4. The molecule has 2 amide bonds. The van der Waals surface area contributed by atoms with Gasteiger partial charge in [0.2, 0.25) is 5.91 Å². The number of ketones is 1. The molecule has 164 valence electrons. The lowest BCUT2D eigenvalue weighted by Crippen LogP contribution is -2.35. The van der Waals surface area contributed by atoms with E-state index in [0.717, 1.165) is 22.3 Å². The van der Waals surface area contributed by atoms with Crippen LogP contribution in [0, 0.1) is 27.7 Å². The number of nitrogens with one attached hydrogen (secondary N) is 2. The highest BCUT2D eigenvalue weighted by atomic mass is 16.5. The minimum absolute atomic E-state index is 0.00291. The van der Waals surface area contributed by atoms with Gasteiger partial charge in [-0.1, -0.05) is 35.9 Å². The third-order valence-electron chi connectivity index (χ3n) is 4.81. The van der Waals surface area contributed by atoms with E-state index in [-0.39, 0.29) is 31.1 Å². The number of Topliss-reactive ketones (excluding diaryl/α,β-unsaturated/α-hetero) is 1. The summed E-state index contributed by atoms with van der Waals surface area (Å²) in [4.78, 5) is 48.1. The predicted molar refractivity (Wildman–Crippen MR) is 118 cm³/mol. The first-order valence-corrected chi connectivity index (χ1v) is 10.1. The maximum Gasteiger partial charge on any atom is 0.306 e. The highest BCUT2D eigenvalue weighted by Gasteiger charge is 2.14. The van der Waals surface area contributed by atoms with Gasteiger partial charge in [0.1, 0.15) is 0 Å². The fourth-order valence-electron chi connectivity index (χ4n) is 3.03. The molecule has 0 saturated carbocycles. The summed E-state index contributed by atoms with van der Waals surface area (Å²) in [6, 6.07) is 11.2. The van der Waals surface area contributed by atoms with Gasteiger partial charge in [-0.15, -0.1) is 0 Å². The van der Waals surface area contributed by atoms with Gasteiger partial charge in [0, 0.05) is 17.7 Å². The van der Waals surface area contributed by atoms with Gasteiger partial charge in [-0.3, -0.25) is 19.2 Å². The summed E-state index contributed by atoms with van der Waals surface area (Å²) in [5.41, 5.74) is 4.95. The highest BCUT2D eigenvalue weighted by Crippen LogP contribution is 2.19. The van der Waals surface area contributed by atoms with E-state index in [1.807, 2.05) is 58.0 Å². The molecule has 0 aliphatic carbocycles. The molecule has 7 heteroatoms. The summed E-state index contributed by atoms with van der Waals surface area (Å²) in [5, 5.41) is 5.16. The van der Waals surface area contributed by atoms with Crippen molar-refractivity contribution >= 4 is 29.3 Å². The highest BCUT2D eigenvalue weighted by molar-refractivity contribution is 5.99. The number of ether oxygens (including phenoxy) is 1. The van der Waals surface area contributed by atoms with E-state index in [0.29, 0.717) is 11.3 Å². The van der Waals surface area contributed by atoms with Crippen molar-refractivity contribution in [3.63, 3.8) is 0 Å². The van der Waals surface area contributed by atoms with Crippen molar-refractivity contribution in [3.05, 3.63) is 64.2 Å². The Bertz CT molecular complexity index is 977. The Balaban J connectivity index is 1.71. The van der Waals surface area contributed by atoms with Crippen LogP contribution in [0.25, 0.3) is 0 Å². The average Bonchev–Trinajstić information content (AvgIpc) is 2.73. The zero-order valence-corrected chi connectivity index (χ0v) is 18.3. The van der Waals surface area contributed by atoms with Crippen LogP contribution in [0.2, 0.25) is 0 Å². The second-order valence-corrected chi connectivity index (χ2v) is 7.49. The van der Waals surface area contributed by atoms with Gasteiger partial charge >= 0.3 is 5.97 Å². The summed E-state index contributed by atoms with van der Waals surface area (Å²) < 4.78 is 4.90. The number of rotatable bonds is 9. The zero-order chi connectivity index (χ0) is 23.0. The first kappa shape index (κ1) is 23.8. The Morgan fingerprint density at radius 3 is 2.19 bits per heavy atom. The Kier molecular flexibility index (Phi) is 8.49. The summed E-state index contributed by atoms with van der Waals surface area (Å²) in [5.74, 6) is -1.76. The number of para-hydroxylation sites is 1. The molecule has 0 unspecified atom stereocenters. The van der Waals surface area contributed by atoms with Gasteiger partial charge in [-0.2, -0.15) is 0 Å². The van der Waals surface area contributed by atoms with Crippen molar-refractivity contribution in [3.8, 4) is 0 Å². The molecule has 2 aromatic rings. The van der Waals surface area contributed by atoms with Crippen LogP contribution in [-0.2, 0) is 19.1 Å². The molecule has 0 aliphatic rings. The fourth-order valence-corrected chi connectivity index (χ4v) is 3.03. The second-order valence-electron chi connectivity index (χ2n) is 7.49. The standard InChI is InChI=1S/C24H28N2O5/c1-15-8-9-16(2)19(12-15)20(27)10-11-23(30)31-14-22(29)25-13-21(28)26-24-17(3)6-5-7-18(24)4/h5-9,12H,10-11,13-14H2,1-4H3,(H,25,29)(H,26,28). The molecule has 0 bridgehead atoms. The van der Waals surface area contributed by atoms with Crippen molar-refractivity contribution in [1.29, 1.82) is 0 Å². The number of anilines is 1. The van der Waals surface area contributed by atoms with Crippen molar-refractivity contribution in [2.24, 2.45) is 0 Å². The van der Waals surface area contributed by atoms with Gasteiger partial charge in [0.05, 0.1) is 13.0 Å². The van der Waals surface area contributed by atoms with E-state index in [1.54, 1.807) is 6.07 Å². The first-order chi connectivity index (χ1) is 14.7. The van der Waals surface area contributed by atoms with Crippen LogP contribution in [0.5, 0.6) is 0 Å². The third kappa shape index (κ3) is 7.37. The van der Waals surface area contributed by atoms with E-state index in [9.17, 15) is 19.2 Å². The minimum Gasteiger partial charge on any atom is -0.456 e. The smallest absolute Gasteiger partial charge is 0.306 e. The predicted octanol–water partition coefficient (Wildman–Crippen LogP) is 3.18. The van der Waals surface area contributed by atoms with Crippen LogP contribution in [0.1, 0.15) is 45.5 Å². The second kappa shape index (κ2) is 11.1. The van der Waals surface area contributed by atoms with E-state index in [4.69, 9.17) is 4.74 Å². The zero-order valence-electron chi connectivity index (χ0n) is 18.3. The lowest BCUT2D eigenvalue weighted by atomic mass is 9.99. The topological polar surface area (TPSA) is 102 Å². The van der Waals surface area contributed by atoms with Crippen LogP contribution in [0.15, 0.2) is 36.4 Å². The molecule has 31 heavy (non-hydrogen) atoms. The monoisotopic (exact) mass is 424 g/mol. The van der Waals surface area contributed by atoms with Gasteiger partial charge in [0.25, 0.3) is 5.91 Å². The number of hydrogen-bond acceptors (Lipinski definition) is 5. The normalized spacial score (nSPS) is 10.3. The third-order valence-corrected chi connectivity index (χ3v) is 4.81. The molecule has 0 spiro atoms. The number of carbonyl (C=O) groups is 4. The number of amides is 2. The summed E-state index contributed by atoms with van der Waals surface area (Å²) in [6.07, 6.45) is -0.116. The summed E-state index contributed by atoms with van der Waals surface area (Å²) in [6.45, 7) is 6.75. The van der Waals surface area contributed by atoms with Crippen LogP contribution >= 0.6 is 0 Å². The van der Waals surface area contributed by atoms with Crippen LogP contribution in [-0.4, -0.2) is 36.7 Å². The molecule has 0 aliphatic heterocycles. The summed E-state index contributed by atoms with van der Waals surface area (Å²) in [7, 11) is 0. The Hall–Kier alpha value is -3.48. The van der Waals surface area contributed by atoms with E-state index in [2.05, 4.69) is 10.6 Å². The van der Waals surface area contributed by atoms with Crippen LogP contribution in [0.3, 0.4) is 0 Å². The maximum atomic E-state index is 12.3. The molecule has 0 heterocycles. The molecular weight excluding hydrogens is 396 g/mol. The van der Waals surface area contributed by atoms with E-state index >= 15 is 0 Å². The molecule has 2 N–H and O–H groups in total. The molecule has 7 nitrogen and oxygen atoms in total. The quantitative estimate of drug-likeness (QED) is 0.476. The molecule has 0 fully saturated rings. The van der Waals surface area contributed by atoms with Gasteiger partial charge < -0.3 is 15.4 Å². The Morgan fingerprint density at radius 2 is 1.52 bits per heavy atom. The number of hydrogen-bond donors (Lipinski definition) is 2. The molecule has 0 atom stereocenters. The minimum atomic E-state index is -0.645. The summed E-state index contributed by atoms with van der Waals surface area (Å²) >= 11 is 0. The van der Waals surface area contributed by atoms with Crippen LogP contribution in [0.4, 0.5) is 5.69 Å². The number of aryl methyl sites for hydroxylation is 4. The lowest BCUT2D eigenvalue weighted by Gasteiger charge is -2.12.